The van der Waals surface area contributed by atoms with Gasteiger partial charge in [-0.2, -0.15) is 0 Å². The van der Waals surface area contributed by atoms with E-state index in [2.05, 4.69) is 10.6 Å². The smallest absolute Gasteiger partial charge is 0.312 e. The standard InChI is InChI=1S/C10H20N4O3/c11-7-10(1-5-17-6-2-10)8(15)13-3-4-14-9(12)16/h1-7,11H2,(H,13,15)(H3,12,14,16). The number of carbonyl (C=O) groups is 2. The van der Waals surface area contributed by atoms with Crippen LogP contribution in [0.3, 0.4) is 0 Å². The highest BCUT2D eigenvalue weighted by Crippen LogP contribution is 2.29. The van der Waals surface area contributed by atoms with Crippen LogP contribution in [-0.4, -0.2) is 44.8 Å². The van der Waals surface area contributed by atoms with Crippen LogP contribution in [0.2, 0.25) is 0 Å². The average molecular weight is 244 g/mol. The first-order valence-electron chi connectivity index (χ1n) is 5.70. The number of nitrogens with one attached hydrogen (secondary N) is 2. The molecule has 0 aliphatic carbocycles. The third-order valence-corrected chi connectivity index (χ3v) is 3.03. The van der Waals surface area contributed by atoms with E-state index < -0.39 is 11.4 Å². The molecule has 0 aromatic heterocycles. The molecule has 1 saturated heterocycles. The van der Waals surface area contributed by atoms with Crippen LogP contribution in [0.25, 0.3) is 0 Å². The second kappa shape index (κ2) is 6.41. The topological polar surface area (TPSA) is 119 Å². The summed E-state index contributed by atoms with van der Waals surface area (Å²) in [6, 6.07) is -0.598. The predicted molar refractivity (Wildman–Crippen MR) is 62.1 cm³/mol. The van der Waals surface area contributed by atoms with Gasteiger partial charge < -0.3 is 26.8 Å². The molecule has 1 aliphatic rings. The fraction of sp³-hybridized carbons (Fsp3) is 0.800. The molecular formula is C10H20N4O3. The number of rotatable bonds is 5. The van der Waals surface area contributed by atoms with E-state index in [4.69, 9.17) is 16.2 Å². The van der Waals surface area contributed by atoms with Crippen molar-refractivity contribution in [3.05, 3.63) is 0 Å². The second-order valence-corrected chi connectivity index (χ2v) is 4.14. The van der Waals surface area contributed by atoms with E-state index in [1.54, 1.807) is 0 Å². The monoisotopic (exact) mass is 244 g/mol. The minimum Gasteiger partial charge on any atom is -0.381 e. The molecule has 0 atom stereocenters. The SMILES string of the molecule is NCC1(C(=O)NCCNC(N)=O)CCOCC1. The number of hydrogen-bond acceptors (Lipinski definition) is 4. The van der Waals surface area contributed by atoms with E-state index >= 15 is 0 Å². The summed E-state index contributed by atoms with van der Waals surface area (Å²) in [4.78, 5) is 22.4. The van der Waals surface area contributed by atoms with Gasteiger partial charge in [-0.1, -0.05) is 0 Å². The molecule has 0 radical (unpaired) electrons. The van der Waals surface area contributed by atoms with Gasteiger partial charge in [-0.25, -0.2) is 4.79 Å². The summed E-state index contributed by atoms with van der Waals surface area (Å²) < 4.78 is 5.22. The number of primary amides is 1. The van der Waals surface area contributed by atoms with Gasteiger partial charge in [-0.3, -0.25) is 4.79 Å². The fourth-order valence-electron chi connectivity index (χ4n) is 1.84. The number of nitrogens with two attached hydrogens (primary N) is 2. The Morgan fingerprint density at radius 1 is 1.18 bits per heavy atom. The Morgan fingerprint density at radius 2 is 1.76 bits per heavy atom. The molecule has 0 aromatic rings. The lowest BCUT2D eigenvalue weighted by atomic mass is 9.79. The molecule has 0 bridgehead atoms. The Morgan fingerprint density at radius 3 is 2.29 bits per heavy atom. The van der Waals surface area contributed by atoms with E-state index in [1.807, 2.05) is 0 Å². The minimum absolute atomic E-state index is 0.0745. The Bertz CT molecular complexity index is 277. The zero-order valence-electron chi connectivity index (χ0n) is 9.83. The van der Waals surface area contributed by atoms with E-state index in [1.165, 1.54) is 0 Å². The number of ether oxygens (including phenoxy) is 1. The quantitative estimate of drug-likeness (QED) is 0.441. The Labute approximate surface area is 100 Å². The molecular weight excluding hydrogens is 224 g/mol. The lowest BCUT2D eigenvalue weighted by Gasteiger charge is -2.34. The molecule has 6 N–H and O–H groups in total. The summed E-state index contributed by atoms with van der Waals surface area (Å²) in [5, 5.41) is 5.16. The van der Waals surface area contributed by atoms with Crippen LogP contribution < -0.4 is 22.1 Å². The van der Waals surface area contributed by atoms with Gasteiger partial charge >= 0.3 is 6.03 Å². The van der Waals surface area contributed by atoms with Crippen molar-refractivity contribution in [2.24, 2.45) is 16.9 Å². The molecule has 17 heavy (non-hydrogen) atoms. The highest BCUT2D eigenvalue weighted by molar-refractivity contribution is 5.83. The molecule has 3 amide bonds. The van der Waals surface area contributed by atoms with Crippen LogP contribution in [-0.2, 0) is 9.53 Å². The van der Waals surface area contributed by atoms with E-state index in [0.717, 1.165) is 0 Å². The van der Waals surface area contributed by atoms with Crippen molar-refractivity contribution in [2.75, 3.05) is 32.8 Å². The molecule has 1 fully saturated rings. The Balaban J connectivity index is 2.36. The lowest BCUT2D eigenvalue weighted by molar-refractivity contribution is -0.135. The van der Waals surface area contributed by atoms with Gasteiger partial charge in [0, 0.05) is 32.8 Å². The fourth-order valence-corrected chi connectivity index (χ4v) is 1.84. The first kappa shape index (κ1) is 13.7. The highest BCUT2D eigenvalue weighted by atomic mass is 16.5. The Kier molecular flexibility index (Phi) is 5.17. The zero-order valence-corrected chi connectivity index (χ0v) is 9.83. The van der Waals surface area contributed by atoms with Crippen molar-refractivity contribution in [3.8, 4) is 0 Å². The number of hydrogen-bond donors (Lipinski definition) is 4. The van der Waals surface area contributed by atoms with Crippen molar-refractivity contribution in [1.29, 1.82) is 0 Å². The maximum absolute atomic E-state index is 12.0. The van der Waals surface area contributed by atoms with Crippen LogP contribution in [0.4, 0.5) is 4.79 Å². The van der Waals surface area contributed by atoms with Crippen LogP contribution in [0, 0.1) is 5.41 Å². The maximum atomic E-state index is 12.0. The lowest BCUT2D eigenvalue weighted by Crippen LogP contribution is -2.50. The number of urea groups is 1. The average Bonchev–Trinajstić information content (AvgIpc) is 2.35. The molecule has 7 heteroatoms. The van der Waals surface area contributed by atoms with Crippen LogP contribution >= 0.6 is 0 Å². The maximum Gasteiger partial charge on any atom is 0.312 e. The molecule has 0 saturated carbocycles. The predicted octanol–water partition coefficient (Wildman–Crippen LogP) is -1.47. The molecule has 1 rings (SSSR count). The van der Waals surface area contributed by atoms with Gasteiger partial charge in [0.05, 0.1) is 5.41 Å². The molecule has 0 unspecified atom stereocenters. The summed E-state index contributed by atoms with van der Waals surface area (Å²) in [5.74, 6) is -0.0745. The van der Waals surface area contributed by atoms with Gasteiger partial charge in [-0.15, -0.1) is 0 Å². The van der Waals surface area contributed by atoms with E-state index in [-0.39, 0.29) is 5.91 Å². The van der Waals surface area contributed by atoms with Gasteiger partial charge in [0.25, 0.3) is 0 Å². The molecule has 1 heterocycles. The molecule has 98 valence electrons. The van der Waals surface area contributed by atoms with E-state index in [0.29, 0.717) is 45.7 Å². The summed E-state index contributed by atoms with van der Waals surface area (Å²) >= 11 is 0. The summed E-state index contributed by atoms with van der Waals surface area (Å²) in [7, 11) is 0. The highest BCUT2D eigenvalue weighted by Gasteiger charge is 2.38. The van der Waals surface area contributed by atoms with Crippen molar-refractivity contribution in [3.63, 3.8) is 0 Å². The molecule has 0 spiro atoms. The second-order valence-electron chi connectivity index (χ2n) is 4.14. The molecule has 7 nitrogen and oxygen atoms in total. The molecule has 0 aromatic carbocycles. The minimum atomic E-state index is -0.598. The third kappa shape index (κ3) is 3.86. The van der Waals surface area contributed by atoms with Crippen LogP contribution in [0.1, 0.15) is 12.8 Å². The largest absolute Gasteiger partial charge is 0.381 e. The summed E-state index contributed by atoms with van der Waals surface area (Å²) in [5.41, 5.74) is 10.1. The number of amides is 3. The third-order valence-electron chi connectivity index (χ3n) is 3.03. The van der Waals surface area contributed by atoms with Crippen LogP contribution in [0.5, 0.6) is 0 Å². The van der Waals surface area contributed by atoms with Crippen LogP contribution in [0.15, 0.2) is 0 Å². The summed E-state index contributed by atoms with van der Waals surface area (Å²) in [6.07, 6.45) is 1.27. The van der Waals surface area contributed by atoms with Crippen molar-refractivity contribution in [2.45, 2.75) is 12.8 Å². The van der Waals surface area contributed by atoms with Gasteiger partial charge in [0.15, 0.2) is 0 Å². The zero-order chi connectivity index (χ0) is 12.7. The van der Waals surface area contributed by atoms with Gasteiger partial charge in [-0.05, 0) is 12.8 Å². The van der Waals surface area contributed by atoms with Gasteiger partial charge in [0.1, 0.15) is 0 Å². The van der Waals surface area contributed by atoms with Crippen molar-refractivity contribution >= 4 is 11.9 Å². The number of carbonyl (C=O) groups excluding carboxylic acids is 2. The summed E-state index contributed by atoms with van der Waals surface area (Å²) in [6.45, 7) is 2.10. The Hall–Kier alpha value is -1.34. The van der Waals surface area contributed by atoms with Crippen molar-refractivity contribution in [1.82, 2.24) is 10.6 Å². The normalized spacial score (nSPS) is 18.4. The first-order valence-corrected chi connectivity index (χ1v) is 5.70. The molecule has 1 aliphatic heterocycles. The van der Waals surface area contributed by atoms with Gasteiger partial charge in [0.2, 0.25) is 5.91 Å². The first-order chi connectivity index (χ1) is 8.10. The van der Waals surface area contributed by atoms with Crippen molar-refractivity contribution < 1.29 is 14.3 Å². The van der Waals surface area contributed by atoms with E-state index in [9.17, 15) is 9.59 Å².